The van der Waals surface area contributed by atoms with Crippen molar-refractivity contribution in [1.82, 2.24) is 41.5 Å². The van der Waals surface area contributed by atoms with E-state index in [0.29, 0.717) is 47.8 Å². The molecule has 6 aromatic rings. The van der Waals surface area contributed by atoms with E-state index < -0.39 is 96.2 Å². The minimum atomic E-state index is -5.07. The Bertz CT molecular complexity index is 3690. The summed E-state index contributed by atoms with van der Waals surface area (Å²) in [6.45, 7) is 7.70. The van der Waals surface area contributed by atoms with Gasteiger partial charge < -0.3 is 57.1 Å². The average Bonchev–Trinajstić information content (AvgIpc) is 2.15. The number of para-hydroxylation sites is 1. The number of aromatic amines is 1. The first-order valence-corrected chi connectivity index (χ1v) is 31.3. The number of hydrogen-bond donors (Lipinski definition) is 10. The number of aliphatic hydroxyl groups excluding tert-OH is 1. The molecule has 5 heterocycles. The molecule has 6 atom stereocenters. The first kappa shape index (κ1) is 63.1. The summed E-state index contributed by atoms with van der Waals surface area (Å²) in [4.78, 5) is 152. The van der Waals surface area contributed by atoms with Crippen LogP contribution in [0.1, 0.15) is 120 Å². The number of fused-ring (bicyclic) bond motifs is 1. The highest BCUT2D eigenvalue weighted by molar-refractivity contribution is 7.70. The number of nitrogens with one attached hydrogen (secondary N) is 6. The van der Waals surface area contributed by atoms with Crippen LogP contribution in [0.5, 0.6) is 0 Å². The number of aryl methyl sites for hydroxylation is 3. The molecule has 4 aromatic carbocycles. The summed E-state index contributed by atoms with van der Waals surface area (Å²) in [6, 6.07) is 20.6. The summed E-state index contributed by atoms with van der Waals surface area (Å²) in [7, 11) is -5.07. The molecule has 0 bridgehead atoms. The van der Waals surface area contributed by atoms with Gasteiger partial charge in [0.2, 0.25) is 41.4 Å². The number of nitrogens with zero attached hydrogens (tertiary/aromatic N) is 3. The van der Waals surface area contributed by atoms with Gasteiger partial charge in [0.15, 0.2) is 0 Å². The lowest BCUT2D eigenvalue weighted by atomic mass is 9.85. The maximum absolute atomic E-state index is 14.5. The van der Waals surface area contributed by atoms with Gasteiger partial charge in [-0.3, -0.25) is 52.6 Å². The highest BCUT2D eigenvalue weighted by Crippen LogP contribution is 2.41. The molecular formula is C62H71N10O13PS. The Balaban J connectivity index is 0.750. The molecule has 2 aromatic heterocycles. The number of rotatable bonds is 23. The molecule has 0 radical (unpaired) electrons. The fourth-order valence-electron chi connectivity index (χ4n) is 11.4. The summed E-state index contributed by atoms with van der Waals surface area (Å²) in [5, 5.41) is 25.2. The molecule has 23 nitrogen and oxygen atoms in total. The molecule has 3 aliphatic heterocycles. The number of anilines is 1. The number of aromatic nitrogens is 2. The number of thiazole rings is 1. The van der Waals surface area contributed by atoms with E-state index in [2.05, 4.69) is 36.6 Å². The van der Waals surface area contributed by atoms with Crippen LogP contribution in [0.15, 0.2) is 96.5 Å². The van der Waals surface area contributed by atoms with Gasteiger partial charge in [0.25, 0.3) is 11.4 Å². The summed E-state index contributed by atoms with van der Waals surface area (Å²) in [6.07, 6.45) is 1.35. The van der Waals surface area contributed by atoms with Crippen LogP contribution < -0.4 is 37.2 Å². The lowest BCUT2D eigenvalue weighted by Crippen LogP contribution is -2.57. The van der Waals surface area contributed by atoms with Gasteiger partial charge in [-0.25, -0.2) is 4.98 Å². The molecular weight excluding hydrogens is 1160 g/mol. The predicted molar refractivity (Wildman–Crippen MR) is 324 cm³/mol. The summed E-state index contributed by atoms with van der Waals surface area (Å²) in [5.74, 6) is -4.37. The summed E-state index contributed by atoms with van der Waals surface area (Å²) in [5.41, 5.74) is 11.9. The monoisotopic (exact) mass is 1230 g/mol. The number of unbranched alkanes of at least 4 members (excludes halogenated alkanes) is 1. The summed E-state index contributed by atoms with van der Waals surface area (Å²) >= 11 is 1.55. The second-order valence-corrected chi connectivity index (χ2v) is 25.9. The van der Waals surface area contributed by atoms with Crippen LogP contribution in [0, 0.1) is 12.3 Å². The van der Waals surface area contributed by atoms with Crippen molar-refractivity contribution in [2.75, 3.05) is 11.4 Å². The van der Waals surface area contributed by atoms with Crippen molar-refractivity contribution in [2.45, 2.75) is 141 Å². The number of carbonyl (C=O) groups excluding carboxylic acids is 9. The summed E-state index contributed by atoms with van der Waals surface area (Å²) < 4.78 is 11.6. The molecule has 0 aliphatic carbocycles. The van der Waals surface area contributed by atoms with Crippen LogP contribution in [-0.2, 0) is 70.5 Å². The topological polar surface area (TPSA) is 353 Å². The number of carbonyl (C=O) groups is 9. The zero-order valence-electron chi connectivity index (χ0n) is 48.6. The van der Waals surface area contributed by atoms with E-state index in [1.165, 1.54) is 34.1 Å². The van der Waals surface area contributed by atoms with E-state index in [-0.39, 0.29) is 75.3 Å². The zero-order chi connectivity index (χ0) is 62.5. The fraction of sp³-hybridized carbons (Fsp3) is 0.387. The second kappa shape index (κ2) is 26.7. The van der Waals surface area contributed by atoms with Crippen molar-refractivity contribution < 1.29 is 62.6 Å². The van der Waals surface area contributed by atoms with Crippen LogP contribution >= 0.6 is 18.9 Å². The number of β-amino-alcohol motifs (C(OH)–C–C–N with tert-alkyl or cyclic N) is 1. The molecule has 1 saturated heterocycles. The number of hydrogen-bond acceptors (Lipinski definition) is 13. The molecule has 458 valence electrons. The zero-order valence-corrected chi connectivity index (χ0v) is 50.3. The van der Waals surface area contributed by atoms with Crippen molar-refractivity contribution in [3.63, 3.8) is 0 Å². The van der Waals surface area contributed by atoms with Crippen molar-refractivity contribution in [2.24, 2.45) is 11.1 Å². The van der Waals surface area contributed by atoms with E-state index in [0.717, 1.165) is 38.4 Å². The maximum atomic E-state index is 14.5. The van der Waals surface area contributed by atoms with E-state index in [1.54, 1.807) is 22.9 Å². The van der Waals surface area contributed by atoms with Crippen LogP contribution in [0.3, 0.4) is 0 Å². The largest absolute Gasteiger partial charge is 0.396 e. The number of benzene rings is 4. The van der Waals surface area contributed by atoms with E-state index in [1.807, 2.05) is 88.4 Å². The normalized spacial score (nSPS) is 18.1. The molecule has 0 unspecified atom stereocenters. The molecule has 25 heteroatoms. The fourth-order valence-corrected chi connectivity index (χ4v) is 12.6. The quantitative estimate of drug-likeness (QED) is 0.0312. The minimum absolute atomic E-state index is 0.00637. The number of amides is 8. The minimum Gasteiger partial charge on any atom is -0.391 e. The molecule has 1 fully saturated rings. The van der Waals surface area contributed by atoms with Gasteiger partial charge in [-0.15, -0.1) is 11.3 Å². The van der Waals surface area contributed by atoms with Crippen LogP contribution in [0.2, 0.25) is 0 Å². The SMILES string of the molecule is Cc1ncsc1-c1ccc(CNC(=O)[C@@H]2C[C@@H](O)CN2C(=O)[C@@H](NC(=O)CCCCc2ccc(CNC(=O)[C@H](CCC(N)=O)NC(=O)[C@@H]3Cc4cccc5c4N3C(=O)[C@@H](NC(=O)c3cc4cc(C(=O)P(=O)(O)O)ccc4[nH]3)CC5)cc2)C(C)(C)C)cc1. The first-order chi connectivity index (χ1) is 41.3. The predicted octanol–water partition coefficient (Wildman–Crippen LogP) is 4.51. The highest BCUT2D eigenvalue weighted by Gasteiger charge is 2.46. The van der Waals surface area contributed by atoms with Crippen molar-refractivity contribution in [1.29, 1.82) is 0 Å². The first-order valence-electron chi connectivity index (χ1n) is 28.8. The number of primary amides is 1. The standard InChI is InChI=1S/C62H71N10O13PS/c1-34-53(87-33-66-34)39-18-16-37(17-19-39)31-65-57(78)48-29-43(73)32-71(48)60(81)54(62(2,3)4)70-51(75)11-6-5-8-35-12-14-36(15-13-35)30-64-55(76)45(24-25-50(63)74)68-58(79)49-28-40-10-7-9-38-20-23-46(59(80)72(49)52(38)40)69-56(77)47-27-42-26-41(21-22-44(42)67-47)61(82)86(83,84)85/h7,9-10,12-19,21-22,26-27,33,43,45-46,48-49,54,67,73H,5-6,8,11,20,23-25,28-32H2,1-4H3,(H2,63,74)(H,64,76)(H,65,78)(H,68,79)(H,69,77)(H,70,75)(H2,83,84,85)/t43-,45+,46+,48+,49+,54-/m1/s1. The lowest BCUT2D eigenvalue weighted by molar-refractivity contribution is -0.144. The number of nitrogens with two attached hydrogens (primary N) is 1. The Kier molecular flexibility index (Phi) is 19.4. The van der Waals surface area contributed by atoms with Gasteiger partial charge in [0.1, 0.15) is 35.9 Å². The third-order valence-corrected chi connectivity index (χ3v) is 17.8. The highest BCUT2D eigenvalue weighted by atomic mass is 32.1. The molecule has 0 spiro atoms. The van der Waals surface area contributed by atoms with Crippen molar-refractivity contribution in [3.05, 3.63) is 141 Å². The molecule has 0 saturated carbocycles. The van der Waals surface area contributed by atoms with Crippen molar-refractivity contribution >= 4 is 88.3 Å². The Hall–Kier alpha value is -8.41. The van der Waals surface area contributed by atoms with Gasteiger partial charge in [-0.05, 0) is 109 Å². The van der Waals surface area contributed by atoms with Gasteiger partial charge in [-0.2, -0.15) is 0 Å². The Labute approximate surface area is 505 Å². The Morgan fingerprint density at radius 1 is 0.839 bits per heavy atom. The van der Waals surface area contributed by atoms with Gasteiger partial charge in [0.05, 0.1) is 27.9 Å². The molecule has 9 rings (SSSR count). The van der Waals surface area contributed by atoms with Crippen LogP contribution in [-0.4, -0.2) is 125 Å². The number of aliphatic hydroxyl groups is 1. The van der Waals surface area contributed by atoms with Gasteiger partial charge in [-0.1, -0.05) is 87.5 Å². The van der Waals surface area contributed by atoms with Crippen LogP contribution in [0.4, 0.5) is 5.69 Å². The third kappa shape index (κ3) is 15.1. The smallest absolute Gasteiger partial charge is 0.391 e. The van der Waals surface area contributed by atoms with E-state index >= 15 is 0 Å². The maximum Gasteiger partial charge on any atom is 0.396 e. The van der Waals surface area contributed by atoms with E-state index in [9.17, 15) is 62.6 Å². The van der Waals surface area contributed by atoms with E-state index in [4.69, 9.17) is 5.73 Å². The Morgan fingerprint density at radius 2 is 1.53 bits per heavy atom. The van der Waals surface area contributed by atoms with Gasteiger partial charge in [0, 0.05) is 61.8 Å². The molecule has 11 N–H and O–H groups in total. The molecule has 87 heavy (non-hydrogen) atoms. The second-order valence-electron chi connectivity index (χ2n) is 23.5. The van der Waals surface area contributed by atoms with Gasteiger partial charge >= 0.3 is 7.60 Å². The Morgan fingerprint density at radius 3 is 2.21 bits per heavy atom. The lowest BCUT2D eigenvalue weighted by Gasteiger charge is -2.35. The van der Waals surface area contributed by atoms with Crippen molar-refractivity contribution in [3.8, 4) is 10.4 Å². The third-order valence-electron chi connectivity index (χ3n) is 16.0. The number of likely N-dealkylation sites (tertiary alicyclic amines) is 1. The molecule has 8 amide bonds. The average molecular weight is 1230 g/mol. The number of H-pyrrole nitrogens is 1. The van der Waals surface area contributed by atoms with Crippen LogP contribution in [0.25, 0.3) is 21.3 Å². The molecule has 3 aliphatic rings.